The standard InChI is InChI=1S/C15H22OS/c1-13(2)12-16-15-8-6-14(7-9-15)10-11-17(3,4)5/h6-9,13H,12H2,1-5H3. The van der Waals surface area contributed by atoms with Crippen LogP contribution in [-0.4, -0.2) is 25.4 Å². The topological polar surface area (TPSA) is 9.23 Å². The molecule has 0 saturated carbocycles. The molecular weight excluding hydrogens is 228 g/mol. The third-order valence-electron chi connectivity index (χ3n) is 1.94. The molecule has 17 heavy (non-hydrogen) atoms. The molecule has 1 aromatic rings. The Kier molecular flexibility index (Phi) is 4.96. The predicted octanol–water partition coefficient (Wildman–Crippen LogP) is 3.72. The second kappa shape index (κ2) is 6.02. The maximum absolute atomic E-state index is 5.62. The van der Waals surface area contributed by atoms with Crippen LogP contribution in [-0.2, 0) is 0 Å². The van der Waals surface area contributed by atoms with Crippen LogP contribution in [0, 0.1) is 17.1 Å². The van der Waals surface area contributed by atoms with E-state index in [2.05, 4.69) is 43.8 Å². The Morgan fingerprint density at radius 3 is 2.18 bits per heavy atom. The molecule has 1 aromatic carbocycles. The Morgan fingerprint density at radius 2 is 1.71 bits per heavy atom. The molecule has 94 valence electrons. The van der Waals surface area contributed by atoms with Gasteiger partial charge in [0.05, 0.1) is 6.61 Å². The summed E-state index contributed by atoms with van der Waals surface area (Å²) >= 11 is 0. The van der Waals surface area contributed by atoms with E-state index in [9.17, 15) is 0 Å². The van der Waals surface area contributed by atoms with E-state index in [1.807, 2.05) is 24.3 Å². The Hall–Kier alpha value is -1.07. The van der Waals surface area contributed by atoms with Crippen molar-refractivity contribution >= 4 is 10.0 Å². The van der Waals surface area contributed by atoms with E-state index in [1.165, 1.54) is 0 Å². The maximum Gasteiger partial charge on any atom is 0.119 e. The third kappa shape index (κ3) is 6.28. The summed E-state index contributed by atoms with van der Waals surface area (Å²) in [6.07, 6.45) is 6.58. The summed E-state index contributed by atoms with van der Waals surface area (Å²) in [6, 6.07) is 8.02. The van der Waals surface area contributed by atoms with Gasteiger partial charge in [0, 0.05) is 5.56 Å². The maximum atomic E-state index is 5.62. The minimum Gasteiger partial charge on any atom is -0.493 e. The molecule has 0 amide bonds. The molecule has 0 aliphatic heterocycles. The summed E-state index contributed by atoms with van der Waals surface area (Å²) < 4.78 is 5.62. The summed E-state index contributed by atoms with van der Waals surface area (Å²) in [6.45, 7) is 5.05. The van der Waals surface area contributed by atoms with E-state index in [1.54, 1.807) is 0 Å². The third-order valence-corrected chi connectivity index (χ3v) is 2.65. The van der Waals surface area contributed by atoms with E-state index in [0.29, 0.717) is 5.92 Å². The van der Waals surface area contributed by atoms with Crippen LogP contribution < -0.4 is 4.74 Å². The summed E-state index contributed by atoms with van der Waals surface area (Å²) in [4.78, 5) is 0. The van der Waals surface area contributed by atoms with Crippen molar-refractivity contribution in [3.8, 4) is 16.9 Å². The zero-order valence-electron chi connectivity index (χ0n) is 11.4. The summed E-state index contributed by atoms with van der Waals surface area (Å²) in [5, 5.41) is 3.30. The average Bonchev–Trinajstić information content (AvgIpc) is 2.24. The highest BCUT2D eigenvalue weighted by Crippen LogP contribution is 2.32. The van der Waals surface area contributed by atoms with Gasteiger partial charge in [-0.25, -0.2) is 0 Å². The van der Waals surface area contributed by atoms with Crippen molar-refractivity contribution in [2.45, 2.75) is 13.8 Å². The molecule has 0 saturated heterocycles. The fraction of sp³-hybridized carbons (Fsp3) is 0.467. The molecular formula is C15H22OS. The van der Waals surface area contributed by atoms with Crippen LogP contribution in [0.2, 0.25) is 0 Å². The van der Waals surface area contributed by atoms with Gasteiger partial charge in [-0.2, -0.15) is 10.0 Å². The van der Waals surface area contributed by atoms with Crippen molar-refractivity contribution in [2.24, 2.45) is 5.92 Å². The lowest BCUT2D eigenvalue weighted by atomic mass is 10.2. The van der Waals surface area contributed by atoms with Gasteiger partial charge in [-0.15, -0.1) is 0 Å². The zero-order valence-corrected chi connectivity index (χ0v) is 12.2. The van der Waals surface area contributed by atoms with Crippen molar-refractivity contribution in [3.63, 3.8) is 0 Å². The molecule has 1 nitrogen and oxygen atoms in total. The number of rotatable bonds is 3. The van der Waals surface area contributed by atoms with Gasteiger partial charge < -0.3 is 4.74 Å². The average molecular weight is 250 g/mol. The van der Waals surface area contributed by atoms with E-state index in [-0.39, 0.29) is 0 Å². The van der Waals surface area contributed by atoms with Crippen LogP contribution in [0.5, 0.6) is 5.75 Å². The van der Waals surface area contributed by atoms with Gasteiger partial charge in [0.2, 0.25) is 0 Å². The van der Waals surface area contributed by atoms with Gasteiger partial charge in [-0.05, 0) is 54.2 Å². The van der Waals surface area contributed by atoms with Crippen LogP contribution in [0.15, 0.2) is 24.3 Å². The Morgan fingerprint density at radius 1 is 1.12 bits per heavy atom. The van der Waals surface area contributed by atoms with Crippen molar-refractivity contribution in [3.05, 3.63) is 29.8 Å². The number of ether oxygens (including phenoxy) is 1. The molecule has 0 fully saturated rings. The first-order valence-electron chi connectivity index (χ1n) is 5.81. The first-order valence-corrected chi connectivity index (χ1v) is 8.66. The lowest BCUT2D eigenvalue weighted by Crippen LogP contribution is -2.04. The van der Waals surface area contributed by atoms with Crippen molar-refractivity contribution < 1.29 is 4.74 Å². The van der Waals surface area contributed by atoms with Gasteiger partial charge in [0.25, 0.3) is 0 Å². The summed E-state index contributed by atoms with van der Waals surface area (Å²) in [7, 11) is -0.746. The molecule has 0 aliphatic carbocycles. The number of hydrogen-bond donors (Lipinski definition) is 0. The Labute approximate surface area is 107 Å². The Balaban J connectivity index is 2.64. The fourth-order valence-corrected chi connectivity index (χ4v) is 1.53. The van der Waals surface area contributed by atoms with Gasteiger partial charge in [0.15, 0.2) is 0 Å². The molecule has 0 heterocycles. The smallest absolute Gasteiger partial charge is 0.119 e. The van der Waals surface area contributed by atoms with E-state index in [4.69, 9.17) is 4.74 Å². The predicted molar refractivity (Wildman–Crippen MR) is 79.0 cm³/mol. The van der Waals surface area contributed by atoms with Crippen LogP contribution in [0.4, 0.5) is 0 Å². The van der Waals surface area contributed by atoms with E-state index < -0.39 is 10.0 Å². The van der Waals surface area contributed by atoms with Crippen molar-refractivity contribution in [2.75, 3.05) is 25.4 Å². The minimum absolute atomic E-state index is 0.555. The van der Waals surface area contributed by atoms with E-state index >= 15 is 0 Å². The molecule has 0 N–H and O–H groups in total. The number of hydrogen-bond acceptors (Lipinski definition) is 1. The normalized spacial score (nSPS) is 11.9. The fourth-order valence-electron chi connectivity index (χ4n) is 1.11. The van der Waals surface area contributed by atoms with Crippen LogP contribution in [0.25, 0.3) is 0 Å². The van der Waals surface area contributed by atoms with Crippen LogP contribution in [0.3, 0.4) is 0 Å². The SMILES string of the molecule is CC(C)COc1ccc(C#CS(C)(C)C)cc1. The van der Waals surface area contributed by atoms with Gasteiger partial charge in [-0.3, -0.25) is 0 Å². The molecule has 0 aromatic heterocycles. The minimum atomic E-state index is -0.746. The molecule has 0 bridgehead atoms. The number of benzene rings is 1. The summed E-state index contributed by atoms with van der Waals surface area (Å²) in [5.41, 5.74) is 1.06. The van der Waals surface area contributed by atoms with Crippen molar-refractivity contribution in [1.29, 1.82) is 0 Å². The highest BCUT2D eigenvalue weighted by molar-refractivity contribution is 8.35. The molecule has 0 aliphatic rings. The molecule has 0 atom stereocenters. The molecule has 2 heteroatoms. The van der Waals surface area contributed by atoms with Gasteiger partial charge in [-0.1, -0.05) is 19.8 Å². The highest BCUT2D eigenvalue weighted by Gasteiger charge is 1.98. The first-order chi connectivity index (χ1) is 7.87. The van der Waals surface area contributed by atoms with Gasteiger partial charge in [0.1, 0.15) is 5.75 Å². The highest BCUT2D eigenvalue weighted by atomic mass is 32.3. The monoisotopic (exact) mass is 250 g/mol. The molecule has 1 rings (SSSR count). The zero-order chi connectivity index (χ0) is 12.9. The quantitative estimate of drug-likeness (QED) is 0.743. The van der Waals surface area contributed by atoms with Crippen molar-refractivity contribution in [1.82, 2.24) is 0 Å². The second-order valence-electron chi connectivity index (χ2n) is 5.29. The van der Waals surface area contributed by atoms with Gasteiger partial charge >= 0.3 is 0 Å². The largest absolute Gasteiger partial charge is 0.493 e. The van der Waals surface area contributed by atoms with E-state index in [0.717, 1.165) is 17.9 Å². The Bertz CT molecular complexity index is 401. The lowest BCUT2D eigenvalue weighted by molar-refractivity contribution is 0.271. The molecule has 0 radical (unpaired) electrons. The van der Waals surface area contributed by atoms with Crippen LogP contribution >= 0.6 is 10.0 Å². The first kappa shape index (κ1) is 14.0. The lowest BCUT2D eigenvalue weighted by Gasteiger charge is -2.14. The summed E-state index contributed by atoms with van der Waals surface area (Å²) in [5.74, 6) is 4.69. The molecule has 0 spiro atoms. The van der Waals surface area contributed by atoms with Crippen LogP contribution in [0.1, 0.15) is 19.4 Å². The molecule has 0 unspecified atom stereocenters. The second-order valence-corrected chi connectivity index (χ2v) is 9.17.